The van der Waals surface area contributed by atoms with Crippen molar-refractivity contribution in [2.45, 2.75) is 4.90 Å². The first-order chi connectivity index (χ1) is 17.1. The SMILES string of the molecule is COC(=O)c1cccc(NC(=O)CN(c2ccc(F)c(Cl)c2)S(=O)(=O)c2ccc(OC)c(OC)c2)c1. The number of benzene rings is 3. The Morgan fingerprint density at radius 2 is 1.69 bits per heavy atom. The number of carbonyl (C=O) groups is 2. The van der Waals surface area contributed by atoms with Gasteiger partial charge in [-0.2, -0.15) is 0 Å². The summed E-state index contributed by atoms with van der Waals surface area (Å²) >= 11 is 5.89. The minimum absolute atomic E-state index is 0.0466. The first kappa shape index (κ1) is 26.8. The van der Waals surface area contributed by atoms with Gasteiger partial charge in [0.25, 0.3) is 10.0 Å². The Bertz CT molecular complexity index is 1400. The number of carbonyl (C=O) groups excluding carboxylic acids is 2. The maximum atomic E-state index is 13.8. The number of anilines is 2. The summed E-state index contributed by atoms with van der Waals surface area (Å²) in [5.41, 5.74) is 0.383. The second-order valence-corrected chi connectivity index (χ2v) is 9.52. The highest BCUT2D eigenvalue weighted by Crippen LogP contribution is 2.33. The monoisotopic (exact) mass is 536 g/mol. The van der Waals surface area contributed by atoms with Gasteiger partial charge in [0.05, 0.1) is 42.5 Å². The summed E-state index contributed by atoms with van der Waals surface area (Å²) in [7, 11) is -0.402. The molecule has 0 radical (unpaired) electrons. The van der Waals surface area contributed by atoms with E-state index in [4.69, 9.17) is 21.1 Å². The van der Waals surface area contributed by atoms with Gasteiger partial charge in [-0.25, -0.2) is 17.6 Å². The van der Waals surface area contributed by atoms with Crippen LogP contribution >= 0.6 is 11.6 Å². The topological polar surface area (TPSA) is 111 Å². The van der Waals surface area contributed by atoms with Crippen LogP contribution in [0.4, 0.5) is 15.8 Å². The Morgan fingerprint density at radius 1 is 0.972 bits per heavy atom. The molecule has 12 heteroatoms. The number of amides is 1. The second-order valence-electron chi connectivity index (χ2n) is 7.25. The number of hydrogen-bond acceptors (Lipinski definition) is 7. The lowest BCUT2D eigenvalue weighted by Crippen LogP contribution is -2.38. The number of sulfonamides is 1. The van der Waals surface area contributed by atoms with Crippen LogP contribution in [0.2, 0.25) is 5.02 Å². The number of halogens is 2. The lowest BCUT2D eigenvalue weighted by atomic mass is 10.2. The molecule has 190 valence electrons. The van der Waals surface area contributed by atoms with E-state index in [1.54, 1.807) is 0 Å². The van der Waals surface area contributed by atoms with E-state index in [-0.39, 0.29) is 32.6 Å². The van der Waals surface area contributed by atoms with Crippen molar-refractivity contribution in [2.75, 3.05) is 37.5 Å². The Labute approximate surface area is 212 Å². The number of ether oxygens (including phenoxy) is 3. The lowest BCUT2D eigenvalue weighted by Gasteiger charge is -2.25. The summed E-state index contributed by atoms with van der Waals surface area (Å²) in [5.74, 6) is -1.64. The van der Waals surface area contributed by atoms with Crippen molar-refractivity contribution >= 4 is 44.9 Å². The minimum Gasteiger partial charge on any atom is -0.493 e. The summed E-state index contributed by atoms with van der Waals surface area (Å²) in [6.07, 6.45) is 0. The fourth-order valence-corrected chi connectivity index (χ4v) is 4.84. The second kappa shape index (κ2) is 11.3. The van der Waals surface area contributed by atoms with Crippen LogP contribution < -0.4 is 19.1 Å². The van der Waals surface area contributed by atoms with Crippen molar-refractivity contribution in [3.05, 3.63) is 77.1 Å². The lowest BCUT2D eigenvalue weighted by molar-refractivity contribution is -0.114. The summed E-state index contributed by atoms with van der Waals surface area (Å²) < 4.78 is 56.8. The first-order valence-corrected chi connectivity index (χ1v) is 12.1. The Morgan fingerprint density at radius 3 is 2.33 bits per heavy atom. The molecule has 9 nitrogen and oxygen atoms in total. The van der Waals surface area contributed by atoms with Crippen LogP contribution in [-0.4, -0.2) is 48.2 Å². The predicted octanol–water partition coefficient (Wildman–Crippen LogP) is 4.12. The molecule has 3 aromatic carbocycles. The third-order valence-corrected chi connectivity index (χ3v) is 7.05. The van der Waals surface area contributed by atoms with Gasteiger partial charge < -0.3 is 19.5 Å². The van der Waals surface area contributed by atoms with Gasteiger partial charge in [0, 0.05) is 11.8 Å². The van der Waals surface area contributed by atoms with E-state index < -0.39 is 34.3 Å². The molecule has 3 aromatic rings. The van der Waals surface area contributed by atoms with E-state index in [2.05, 4.69) is 10.1 Å². The molecular weight excluding hydrogens is 515 g/mol. The summed E-state index contributed by atoms with van der Waals surface area (Å²) in [6, 6.07) is 13.1. The van der Waals surface area contributed by atoms with Crippen molar-refractivity contribution in [1.29, 1.82) is 0 Å². The molecule has 0 fully saturated rings. The number of nitrogens with zero attached hydrogens (tertiary/aromatic N) is 1. The van der Waals surface area contributed by atoms with Gasteiger partial charge in [-0.15, -0.1) is 0 Å². The third-order valence-electron chi connectivity index (χ3n) is 4.99. The maximum Gasteiger partial charge on any atom is 0.337 e. The average molecular weight is 537 g/mol. The zero-order valence-electron chi connectivity index (χ0n) is 19.4. The summed E-state index contributed by atoms with van der Waals surface area (Å²) in [4.78, 5) is 24.5. The highest BCUT2D eigenvalue weighted by atomic mass is 35.5. The van der Waals surface area contributed by atoms with Crippen molar-refractivity contribution in [3.63, 3.8) is 0 Å². The fraction of sp³-hybridized carbons (Fsp3) is 0.167. The summed E-state index contributed by atoms with van der Waals surface area (Å²) in [5, 5.41) is 2.22. The molecule has 0 aromatic heterocycles. The van der Waals surface area contributed by atoms with Crippen LogP contribution in [0.1, 0.15) is 10.4 Å². The molecule has 1 N–H and O–H groups in total. The Kier molecular flexibility index (Phi) is 8.38. The van der Waals surface area contributed by atoms with Crippen molar-refractivity contribution in [2.24, 2.45) is 0 Å². The van der Waals surface area contributed by atoms with Crippen LogP contribution in [0.15, 0.2) is 65.6 Å². The quantitative estimate of drug-likeness (QED) is 0.409. The number of nitrogens with one attached hydrogen (secondary N) is 1. The van der Waals surface area contributed by atoms with Crippen LogP contribution in [0.5, 0.6) is 11.5 Å². The fourth-order valence-electron chi connectivity index (χ4n) is 3.23. The highest BCUT2D eigenvalue weighted by molar-refractivity contribution is 7.92. The van der Waals surface area contributed by atoms with Gasteiger partial charge >= 0.3 is 5.97 Å². The molecule has 1 amide bonds. The van der Waals surface area contributed by atoms with E-state index in [0.29, 0.717) is 5.75 Å². The van der Waals surface area contributed by atoms with Gasteiger partial charge in [-0.3, -0.25) is 9.10 Å². The molecule has 0 heterocycles. The van der Waals surface area contributed by atoms with Gasteiger partial charge in [-0.1, -0.05) is 17.7 Å². The van der Waals surface area contributed by atoms with Gasteiger partial charge in [0.2, 0.25) is 5.91 Å². The molecule has 0 aliphatic carbocycles. The van der Waals surface area contributed by atoms with Crippen molar-refractivity contribution in [1.82, 2.24) is 0 Å². The van der Waals surface area contributed by atoms with Crippen LogP contribution in [0.25, 0.3) is 0 Å². The molecule has 0 saturated carbocycles. The van der Waals surface area contributed by atoms with E-state index in [0.717, 1.165) is 16.4 Å². The molecule has 0 aliphatic heterocycles. The molecule has 0 bridgehead atoms. The van der Waals surface area contributed by atoms with Gasteiger partial charge in [0.1, 0.15) is 12.4 Å². The third kappa shape index (κ3) is 5.86. The average Bonchev–Trinajstić information content (AvgIpc) is 2.88. The number of methoxy groups -OCH3 is 3. The Balaban J connectivity index is 1.99. The molecule has 36 heavy (non-hydrogen) atoms. The zero-order valence-corrected chi connectivity index (χ0v) is 21.0. The molecular formula is C24H22ClFN2O7S. The van der Waals surface area contributed by atoms with Crippen LogP contribution in [-0.2, 0) is 19.6 Å². The standard InChI is InChI=1S/C24H22ClFN2O7S/c1-33-21-10-8-18(13-22(21)34-2)36(31,32)28(17-7-9-20(26)19(25)12-17)14-23(29)27-16-6-4-5-15(11-16)24(30)35-3/h4-13H,14H2,1-3H3,(H,27,29). The van der Waals surface area contributed by atoms with Crippen LogP contribution in [0, 0.1) is 5.82 Å². The largest absolute Gasteiger partial charge is 0.493 e. The predicted molar refractivity (Wildman–Crippen MR) is 132 cm³/mol. The molecule has 0 unspecified atom stereocenters. The minimum atomic E-state index is -4.37. The number of hydrogen-bond donors (Lipinski definition) is 1. The zero-order chi connectivity index (χ0) is 26.5. The van der Waals surface area contributed by atoms with E-state index in [9.17, 15) is 22.4 Å². The van der Waals surface area contributed by atoms with Gasteiger partial charge in [0.15, 0.2) is 11.5 Å². The van der Waals surface area contributed by atoms with Crippen molar-refractivity contribution in [3.8, 4) is 11.5 Å². The Hall–Kier alpha value is -3.83. The van der Waals surface area contributed by atoms with Crippen molar-refractivity contribution < 1.29 is 36.6 Å². The molecule has 0 spiro atoms. The molecule has 3 rings (SSSR count). The molecule has 0 saturated heterocycles. The highest BCUT2D eigenvalue weighted by Gasteiger charge is 2.29. The molecule has 0 aliphatic rings. The van der Waals surface area contributed by atoms with E-state index >= 15 is 0 Å². The maximum absolute atomic E-state index is 13.8. The smallest absolute Gasteiger partial charge is 0.337 e. The van der Waals surface area contributed by atoms with Gasteiger partial charge in [-0.05, 0) is 48.5 Å². The van der Waals surface area contributed by atoms with E-state index in [1.807, 2.05) is 0 Å². The number of rotatable bonds is 9. The number of esters is 1. The van der Waals surface area contributed by atoms with Crippen LogP contribution in [0.3, 0.4) is 0 Å². The first-order valence-electron chi connectivity index (χ1n) is 10.3. The molecule has 0 atom stereocenters. The summed E-state index contributed by atoms with van der Waals surface area (Å²) in [6.45, 7) is -0.693. The van der Waals surface area contributed by atoms with E-state index in [1.165, 1.54) is 69.9 Å². The normalized spacial score (nSPS) is 10.9.